The number of unbranched alkanes of at least 4 members (excludes halogenated alkanes) is 56. The number of carbonyl (C=O) groups excluding carboxylic acids is 2. The molecule has 0 saturated carbocycles. The van der Waals surface area contributed by atoms with Gasteiger partial charge in [0.25, 0.3) is 0 Å². The minimum absolute atomic E-state index is 0.0185. The molecule has 0 rings (SSSR count). The van der Waals surface area contributed by atoms with Crippen molar-refractivity contribution in [1.29, 1.82) is 0 Å². The van der Waals surface area contributed by atoms with Crippen LogP contribution in [-0.4, -0.2) is 47.4 Å². The van der Waals surface area contributed by atoms with Crippen molar-refractivity contribution in [2.45, 2.75) is 424 Å². The largest absolute Gasteiger partial charge is 0.466 e. The first-order chi connectivity index (χ1) is 37.5. The molecule has 0 fully saturated rings. The summed E-state index contributed by atoms with van der Waals surface area (Å²) in [4.78, 5) is 24.6. The summed E-state index contributed by atoms with van der Waals surface area (Å²) in [5.74, 6) is -0.00971. The number of carbonyl (C=O) groups is 2. The maximum Gasteiger partial charge on any atom is 0.305 e. The molecular weight excluding hydrogens is 935 g/mol. The average Bonchev–Trinajstić information content (AvgIpc) is 3.42. The summed E-state index contributed by atoms with van der Waals surface area (Å²) in [6.07, 6.45) is 80.0. The van der Waals surface area contributed by atoms with E-state index >= 15 is 0 Å². The Balaban J connectivity index is 3.36. The number of hydrogen-bond donors (Lipinski definition) is 3. The van der Waals surface area contributed by atoms with Crippen molar-refractivity contribution < 1.29 is 24.5 Å². The molecule has 1 amide bonds. The molecule has 0 spiro atoms. The Hall–Kier alpha value is -1.14. The van der Waals surface area contributed by atoms with Crippen LogP contribution in [0.5, 0.6) is 0 Å². The van der Waals surface area contributed by atoms with Crippen LogP contribution in [0.1, 0.15) is 412 Å². The van der Waals surface area contributed by atoms with Gasteiger partial charge in [0.05, 0.1) is 25.4 Å². The molecule has 0 heterocycles. The lowest BCUT2D eigenvalue weighted by atomic mass is 10.0. The first-order valence-electron chi connectivity index (χ1n) is 35.3. The second kappa shape index (κ2) is 66.4. The summed E-state index contributed by atoms with van der Waals surface area (Å²) in [5.41, 5.74) is 0. The zero-order valence-electron chi connectivity index (χ0n) is 52.0. The molecule has 454 valence electrons. The van der Waals surface area contributed by atoms with Crippen LogP contribution < -0.4 is 5.32 Å². The molecule has 2 atom stereocenters. The minimum Gasteiger partial charge on any atom is -0.466 e. The van der Waals surface area contributed by atoms with Gasteiger partial charge in [-0.15, -0.1) is 0 Å². The molecule has 0 bridgehead atoms. The van der Waals surface area contributed by atoms with E-state index in [1.807, 2.05) is 0 Å². The normalized spacial score (nSPS) is 12.4. The van der Waals surface area contributed by atoms with Crippen LogP contribution in [0.2, 0.25) is 0 Å². The lowest BCUT2D eigenvalue weighted by Crippen LogP contribution is -2.45. The molecule has 0 saturated heterocycles. The predicted molar refractivity (Wildman–Crippen MR) is 334 cm³/mol. The molecular formula is C70H139NO5. The number of rotatable bonds is 67. The van der Waals surface area contributed by atoms with Gasteiger partial charge in [0.1, 0.15) is 0 Å². The topological polar surface area (TPSA) is 95.9 Å². The molecule has 0 aliphatic rings. The smallest absolute Gasteiger partial charge is 0.305 e. The Labute approximate surface area is 476 Å². The van der Waals surface area contributed by atoms with Crippen molar-refractivity contribution in [1.82, 2.24) is 5.32 Å². The third-order valence-electron chi connectivity index (χ3n) is 16.9. The van der Waals surface area contributed by atoms with Crippen LogP contribution in [0.15, 0.2) is 0 Å². The number of nitrogens with one attached hydrogen (secondary N) is 1. The van der Waals surface area contributed by atoms with Gasteiger partial charge in [-0.05, 0) is 25.7 Å². The van der Waals surface area contributed by atoms with Crippen molar-refractivity contribution in [2.24, 2.45) is 0 Å². The van der Waals surface area contributed by atoms with Gasteiger partial charge in [-0.3, -0.25) is 9.59 Å². The Morgan fingerprint density at radius 1 is 0.316 bits per heavy atom. The number of esters is 1. The van der Waals surface area contributed by atoms with Gasteiger partial charge >= 0.3 is 5.97 Å². The highest BCUT2D eigenvalue weighted by Gasteiger charge is 2.20. The molecule has 0 aromatic carbocycles. The van der Waals surface area contributed by atoms with Crippen molar-refractivity contribution >= 4 is 11.9 Å². The van der Waals surface area contributed by atoms with Crippen LogP contribution in [0, 0.1) is 0 Å². The Bertz CT molecular complexity index is 1100. The molecule has 0 aliphatic carbocycles. The SMILES string of the molecule is CCCCCCCCCCCCCCCCCCCCCCCCC(O)C(CO)NC(=O)CCCCCCCCCCCCCCCCCCCCCCCCCCOC(=O)CCCCCCCCCCCCCCC. The van der Waals surface area contributed by atoms with E-state index < -0.39 is 12.1 Å². The number of aliphatic hydroxyl groups is 2. The summed E-state index contributed by atoms with van der Waals surface area (Å²) in [6.45, 7) is 5.00. The van der Waals surface area contributed by atoms with Gasteiger partial charge in [-0.1, -0.05) is 373 Å². The highest BCUT2D eigenvalue weighted by atomic mass is 16.5. The maximum atomic E-state index is 12.5. The number of ether oxygens (including phenoxy) is 1. The molecule has 2 unspecified atom stereocenters. The molecule has 0 radical (unpaired) electrons. The van der Waals surface area contributed by atoms with E-state index in [4.69, 9.17) is 4.74 Å². The molecule has 0 aromatic rings. The molecule has 76 heavy (non-hydrogen) atoms. The van der Waals surface area contributed by atoms with E-state index in [-0.39, 0.29) is 18.5 Å². The third kappa shape index (κ3) is 62.1. The lowest BCUT2D eigenvalue weighted by molar-refractivity contribution is -0.143. The number of aliphatic hydroxyl groups excluding tert-OH is 2. The fraction of sp³-hybridized carbons (Fsp3) is 0.971. The summed E-state index contributed by atoms with van der Waals surface area (Å²) in [7, 11) is 0. The summed E-state index contributed by atoms with van der Waals surface area (Å²) in [5, 5.41) is 23.4. The Morgan fingerprint density at radius 3 is 0.803 bits per heavy atom. The zero-order chi connectivity index (χ0) is 55.0. The molecule has 0 aliphatic heterocycles. The predicted octanol–water partition coefficient (Wildman–Crippen LogP) is 22.6. The fourth-order valence-electron chi connectivity index (χ4n) is 11.5. The second-order valence-corrected chi connectivity index (χ2v) is 24.6. The van der Waals surface area contributed by atoms with Gasteiger partial charge in [-0.2, -0.15) is 0 Å². The van der Waals surface area contributed by atoms with E-state index in [0.29, 0.717) is 25.9 Å². The van der Waals surface area contributed by atoms with E-state index in [9.17, 15) is 19.8 Å². The highest BCUT2D eigenvalue weighted by molar-refractivity contribution is 5.76. The van der Waals surface area contributed by atoms with Gasteiger partial charge in [0, 0.05) is 12.8 Å². The fourth-order valence-corrected chi connectivity index (χ4v) is 11.5. The van der Waals surface area contributed by atoms with Crippen LogP contribution in [-0.2, 0) is 14.3 Å². The van der Waals surface area contributed by atoms with Gasteiger partial charge in [-0.25, -0.2) is 0 Å². The maximum absolute atomic E-state index is 12.5. The summed E-state index contributed by atoms with van der Waals surface area (Å²) in [6, 6.07) is -0.540. The van der Waals surface area contributed by atoms with Crippen LogP contribution >= 0.6 is 0 Å². The summed E-state index contributed by atoms with van der Waals surface area (Å²) < 4.78 is 5.49. The first-order valence-corrected chi connectivity index (χ1v) is 35.3. The van der Waals surface area contributed by atoms with Crippen molar-refractivity contribution in [3.05, 3.63) is 0 Å². The first kappa shape index (κ1) is 74.9. The standard InChI is InChI=1S/C70H139NO5/c1-3-5-7-9-11-13-15-17-18-19-20-21-26-29-32-35-39-42-46-50-54-58-62-68(73)67(66-72)71-69(74)63-59-55-51-47-43-40-36-33-30-27-24-22-23-25-28-31-34-37-41-45-49-53-57-61-65-76-70(75)64-60-56-52-48-44-38-16-14-12-10-8-6-4-2/h67-68,72-73H,3-66H2,1-2H3,(H,71,74). The average molecular weight is 1070 g/mol. The quantitative estimate of drug-likeness (QED) is 0.0417. The summed E-state index contributed by atoms with van der Waals surface area (Å²) >= 11 is 0. The van der Waals surface area contributed by atoms with E-state index in [1.54, 1.807) is 0 Å². The zero-order valence-corrected chi connectivity index (χ0v) is 52.0. The molecule has 3 N–H and O–H groups in total. The van der Waals surface area contributed by atoms with Crippen LogP contribution in [0.25, 0.3) is 0 Å². The van der Waals surface area contributed by atoms with Crippen molar-refractivity contribution in [3.63, 3.8) is 0 Å². The molecule has 6 nitrogen and oxygen atoms in total. The Kier molecular flexibility index (Phi) is 65.4. The minimum atomic E-state index is -0.663. The highest BCUT2D eigenvalue weighted by Crippen LogP contribution is 2.20. The van der Waals surface area contributed by atoms with E-state index in [0.717, 1.165) is 38.5 Å². The lowest BCUT2D eigenvalue weighted by Gasteiger charge is -2.22. The van der Waals surface area contributed by atoms with Crippen molar-refractivity contribution in [3.8, 4) is 0 Å². The second-order valence-electron chi connectivity index (χ2n) is 24.6. The van der Waals surface area contributed by atoms with E-state index in [2.05, 4.69) is 19.2 Å². The monoisotopic (exact) mass is 1070 g/mol. The number of hydrogen-bond acceptors (Lipinski definition) is 5. The molecule has 0 aromatic heterocycles. The van der Waals surface area contributed by atoms with Crippen molar-refractivity contribution in [2.75, 3.05) is 13.2 Å². The number of amides is 1. The molecule has 6 heteroatoms. The van der Waals surface area contributed by atoms with Gasteiger partial charge in [0.15, 0.2) is 0 Å². The Morgan fingerprint density at radius 2 is 0.539 bits per heavy atom. The van der Waals surface area contributed by atoms with Crippen LogP contribution in [0.3, 0.4) is 0 Å². The van der Waals surface area contributed by atoms with Gasteiger partial charge < -0.3 is 20.3 Å². The van der Waals surface area contributed by atoms with Crippen LogP contribution in [0.4, 0.5) is 0 Å². The van der Waals surface area contributed by atoms with Gasteiger partial charge in [0.2, 0.25) is 5.91 Å². The van der Waals surface area contributed by atoms with E-state index in [1.165, 1.54) is 340 Å². The third-order valence-corrected chi connectivity index (χ3v) is 16.9.